The van der Waals surface area contributed by atoms with Crippen LogP contribution in [0.1, 0.15) is 19.4 Å². The van der Waals surface area contributed by atoms with Gasteiger partial charge in [0.1, 0.15) is 18.2 Å². The smallest absolute Gasteiger partial charge is 0.243 e. The predicted octanol–water partition coefficient (Wildman–Crippen LogP) is 2.40. The van der Waals surface area contributed by atoms with Gasteiger partial charge in [0.2, 0.25) is 5.91 Å². The molecule has 2 N–H and O–H groups in total. The zero-order valence-corrected chi connectivity index (χ0v) is 17.4. The van der Waals surface area contributed by atoms with Crippen molar-refractivity contribution in [3.8, 4) is 0 Å². The summed E-state index contributed by atoms with van der Waals surface area (Å²) in [5.74, 6) is -0.126. The van der Waals surface area contributed by atoms with Gasteiger partial charge in [-0.05, 0) is 36.1 Å². The molecule has 1 aromatic rings. The Balaban J connectivity index is 0.00000576. The molecule has 0 aliphatic carbocycles. The zero-order valence-electron chi connectivity index (χ0n) is 15.1. The second-order valence-corrected chi connectivity index (χ2v) is 6.14. The number of halogens is 3. The van der Waals surface area contributed by atoms with Crippen LogP contribution in [0.4, 0.5) is 8.78 Å². The molecule has 0 saturated carbocycles. The monoisotopic (exact) mass is 468 g/mol. The highest BCUT2D eigenvalue weighted by atomic mass is 127. The molecular formula is C17H27F2IN4O. The third-order valence-electron chi connectivity index (χ3n) is 3.24. The first kappa shape index (κ1) is 23.5. The molecule has 142 valence electrons. The molecular weight excluding hydrogens is 441 g/mol. The number of nitrogens with one attached hydrogen (secondary N) is 2. The number of nitrogens with zero attached hydrogens (tertiary/aromatic N) is 2. The lowest BCUT2D eigenvalue weighted by molar-refractivity contribution is -0.127. The predicted molar refractivity (Wildman–Crippen MR) is 107 cm³/mol. The number of amides is 1. The summed E-state index contributed by atoms with van der Waals surface area (Å²) in [5.41, 5.74) is 0.301. The molecule has 0 spiro atoms. The normalized spacial score (nSPS) is 11.1. The summed E-state index contributed by atoms with van der Waals surface area (Å²) in [7, 11) is 3.33. The summed E-state index contributed by atoms with van der Waals surface area (Å²) in [6, 6.07) is 3.40. The van der Waals surface area contributed by atoms with Crippen molar-refractivity contribution in [3.05, 3.63) is 35.4 Å². The first-order chi connectivity index (χ1) is 11.3. The Morgan fingerprint density at radius 3 is 2.52 bits per heavy atom. The van der Waals surface area contributed by atoms with Gasteiger partial charge in [0.05, 0.1) is 0 Å². The second-order valence-electron chi connectivity index (χ2n) is 6.14. The van der Waals surface area contributed by atoms with E-state index in [0.717, 1.165) is 12.1 Å². The number of hydrogen-bond donors (Lipinski definition) is 2. The maximum Gasteiger partial charge on any atom is 0.243 e. The van der Waals surface area contributed by atoms with Crippen LogP contribution < -0.4 is 10.6 Å². The van der Waals surface area contributed by atoms with Crippen molar-refractivity contribution in [1.82, 2.24) is 15.5 Å². The Labute approximate surface area is 165 Å². The summed E-state index contributed by atoms with van der Waals surface area (Å²) >= 11 is 0. The average Bonchev–Trinajstić information content (AvgIpc) is 2.52. The SMILES string of the molecule is CC(C)CNC(=NCC(=O)N(C)C)NCCc1cc(F)ccc1F.I. The van der Waals surface area contributed by atoms with Crippen LogP contribution in [0.25, 0.3) is 0 Å². The van der Waals surface area contributed by atoms with Gasteiger partial charge >= 0.3 is 0 Å². The fraction of sp³-hybridized carbons (Fsp3) is 0.529. The molecule has 1 amide bonds. The fourth-order valence-corrected chi connectivity index (χ4v) is 1.81. The van der Waals surface area contributed by atoms with Crippen molar-refractivity contribution in [2.45, 2.75) is 20.3 Å². The minimum absolute atomic E-state index is 0. The first-order valence-corrected chi connectivity index (χ1v) is 7.96. The van der Waals surface area contributed by atoms with E-state index < -0.39 is 11.6 Å². The van der Waals surface area contributed by atoms with E-state index in [4.69, 9.17) is 0 Å². The molecule has 0 saturated heterocycles. The third kappa shape index (κ3) is 9.57. The molecule has 1 rings (SSSR count). The second kappa shape index (κ2) is 12.0. The number of carbonyl (C=O) groups excluding carboxylic acids is 1. The van der Waals surface area contributed by atoms with Gasteiger partial charge in [-0.15, -0.1) is 24.0 Å². The Bertz CT molecular complexity index is 580. The van der Waals surface area contributed by atoms with Crippen molar-refractivity contribution in [3.63, 3.8) is 0 Å². The number of rotatable bonds is 7. The molecule has 0 unspecified atom stereocenters. The summed E-state index contributed by atoms with van der Waals surface area (Å²) in [6.45, 7) is 5.20. The van der Waals surface area contributed by atoms with Gasteiger partial charge in [0.15, 0.2) is 5.96 Å². The van der Waals surface area contributed by atoms with E-state index in [1.54, 1.807) is 14.1 Å². The molecule has 0 aliphatic heterocycles. The molecule has 5 nitrogen and oxygen atoms in total. The van der Waals surface area contributed by atoms with Gasteiger partial charge in [0.25, 0.3) is 0 Å². The Morgan fingerprint density at radius 1 is 1.24 bits per heavy atom. The van der Waals surface area contributed by atoms with Crippen LogP contribution in [0.5, 0.6) is 0 Å². The highest BCUT2D eigenvalue weighted by Gasteiger charge is 2.07. The lowest BCUT2D eigenvalue weighted by Gasteiger charge is -2.15. The van der Waals surface area contributed by atoms with Crippen molar-refractivity contribution >= 4 is 35.8 Å². The Kier molecular flexibility index (Phi) is 11.3. The molecule has 0 heterocycles. The topological polar surface area (TPSA) is 56.7 Å². The summed E-state index contributed by atoms with van der Waals surface area (Å²) in [4.78, 5) is 17.3. The molecule has 0 atom stereocenters. The minimum atomic E-state index is -0.463. The van der Waals surface area contributed by atoms with E-state index in [2.05, 4.69) is 29.5 Å². The maximum atomic E-state index is 13.6. The number of aliphatic imine (C=N–C) groups is 1. The Hall–Kier alpha value is -1.45. The number of hydrogen-bond acceptors (Lipinski definition) is 2. The molecule has 0 fully saturated rings. The quantitative estimate of drug-likeness (QED) is 0.367. The van der Waals surface area contributed by atoms with E-state index in [9.17, 15) is 13.6 Å². The maximum absolute atomic E-state index is 13.6. The van der Waals surface area contributed by atoms with E-state index in [-0.39, 0.29) is 36.4 Å². The lowest BCUT2D eigenvalue weighted by atomic mass is 10.1. The van der Waals surface area contributed by atoms with Gasteiger partial charge in [-0.25, -0.2) is 13.8 Å². The van der Waals surface area contributed by atoms with E-state index in [1.165, 1.54) is 11.0 Å². The van der Waals surface area contributed by atoms with E-state index in [0.29, 0.717) is 37.0 Å². The zero-order chi connectivity index (χ0) is 18.1. The highest BCUT2D eigenvalue weighted by Crippen LogP contribution is 2.09. The van der Waals surface area contributed by atoms with Gasteiger partial charge in [-0.2, -0.15) is 0 Å². The largest absolute Gasteiger partial charge is 0.356 e. The highest BCUT2D eigenvalue weighted by molar-refractivity contribution is 14.0. The summed E-state index contributed by atoms with van der Waals surface area (Å²) in [5, 5.41) is 6.17. The number of likely N-dealkylation sites (N-methyl/N-ethyl adjacent to an activating group) is 1. The van der Waals surface area contributed by atoms with Crippen molar-refractivity contribution in [2.75, 3.05) is 33.7 Å². The molecule has 0 bridgehead atoms. The van der Waals surface area contributed by atoms with Crippen molar-refractivity contribution < 1.29 is 13.6 Å². The fourth-order valence-electron chi connectivity index (χ4n) is 1.81. The molecule has 0 aliphatic rings. The van der Waals surface area contributed by atoms with Crippen LogP contribution in [0.3, 0.4) is 0 Å². The number of guanidine groups is 1. The van der Waals surface area contributed by atoms with Gasteiger partial charge in [-0.1, -0.05) is 13.8 Å². The minimum Gasteiger partial charge on any atom is -0.356 e. The van der Waals surface area contributed by atoms with Gasteiger partial charge in [-0.3, -0.25) is 4.79 Å². The molecule has 25 heavy (non-hydrogen) atoms. The van der Waals surface area contributed by atoms with Crippen LogP contribution in [0.15, 0.2) is 23.2 Å². The van der Waals surface area contributed by atoms with Crippen LogP contribution in [-0.2, 0) is 11.2 Å². The summed E-state index contributed by atoms with van der Waals surface area (Å²) in [6.07, 6.45) is 0.313. The average molecular weight is 468 g/mol. The van der Waals surface area contributed by atoms with Gasteiger partial charge in [0, 0.05) is 27.2 Å². The molecule has 8 heteroatoms. The van der Waals surface area contributed by atoms with Crippen LogP contribution in [-0.4, -0.2) is 50.5 Å². The molecule has 0 radical (unpaired) electrons. The third-order valence-corrected chi connectivity index (χ3v) is 3.24. The van der Waals surface area contributed by atoms with E-state index in [1.807, 2.05) is 0 Å². The number of benzene rings is 1. The van der Waals surface area contributed by atoms with Gasteiger partial charge < -0.3 is 15.5 Å². The van der Waals surface area contributed by atoms with Crippen molar-refractivity contribution in [1.29, 1.82) is 0 Å². The van der Waals surface area contributed by atoms with Crippen LogP contribution in [0, 0.1) is 17.6 Å². The van der Waals surface area contributed by atoms with Crippen molar-refractivity contribution in [2.24, 2.45) is 10.9 Å². The number of carbonyl (C=O) groups is 1. The standard InChI is InChI=1S/C17H26F2N4O.HI/c1-12(2)10-21-17(22-11-16(24)23(3)4)20-8-7-13-9-14(18)5-6-15(13)19;/h5-6,9,12H,7-8,10-11H2,1-4H3,(H2,20,21,22);1H. The Morgan fingerprint density at radius 2 is 1.92 bits per heavy atom. The molecule has 0 aromatic heterocycles. The molecule has 1 aromatic carbocycles. The summed E-state index contributed by atoms with van der Waals surface area (Å²) < 4.78 is 26.8. The first-order valence-electron chi connectivity index (χ1n) is 7.96. The van der Waals surface area contributed by atoms with Crippen LogP contribution >= 0.6 is 24.0 Å². The van der Waals surface area contributed by atoms with E-state index >= 15 is 0 Å². The van der Waals surface area contributed by atoms with Crippen LogP contribution in [0.2, 0.25) is 0 Å². The lowest BCUT2D eigenvalue weighted by Crippen LogP contribution is -2.41.